The fourth-order valence-corrected chi connectivity index (χ4v) is 4.48. The molecule has 0 aliphatic carbocycles. The molecular weight excluding hydrogens is 365 g/mol. The first-order chi connectivity index (χ1) is 13.0. The lowest BCUT2D eigenvalue weighted by molar-refractivity contribution is -0.384. The van der Waals surface area contributed by atoms with Crippen LogP contribution in [0, 0.1) is 10.1 Å². The quantitative estimate of drug-likeness (QED) is 0.128. The first-order valence-corrected chi connectivity index (χ1v) is 11.9. The normalized spacial score (nSPS) is 13.3. The summed E-state index contributed by atoms with van der Waals surface area (Å²) in [5.74, 6) is 0.349. The van der Waals surface area contributed by atoms with E-state index < -0.39 is 12.5 Å². The van der Waals surface area contributed by atoms with E-state index in [0.29, 0.717) is 18.5 Å². The minimum Gasteiger partial charge on any atom is -0.424 e. The summed E-state index contributed by atoms with van der Waals surface area (Å²) in [4.78, 5) is 10.3. The third kappa shape index (κ3) is 10.5. The molecule has 0 amide bonds. The highest BCUT2D eigenvalue weighted by molar-refractivity contribution is 7.54. The fraction of sp³-hybridized carbons (Fsp3) is 0.700. The first kappa shape index (κ1) is 23.6. The summed E-state index contributed by atoms with van der Waals surface area (Å²) >= 11 is 0. The SMILES string of the molecule is CCCCCCCCO[P@@](=O)(CCCCCC)Oc1ccc([N+](=O)[O-])cc1. The van der Waals surface area contributed by atoms with E-state index in [-0.39, 0.29) is 5.69 Å². The van der Waals surface area contributed by atoms with E-state index in [1.54, 1.807) is 0 Å². The van der Waals surface area contributed by atoms with Crippen LogP contribution in [0.15, 0.2) is 24.3 Å². The zero-order valence-corrected chi connectivity index (χ0v) is 17.6. The number of benzene rings is 1. The first-order valence-electron chi connectivity index (χ1n) is 10.2. The Hall–Kier alpha value is -1.39. The zero-order chi connectivity index (χ0) is 20.0. The van der Waals surface area contributed by atoms with Gasteiger partial charge in [-0.25, -0.2) is 4.57 Å². The molecule has 0 N–H and O–H groups in total. The van der Waals surface area contributed by atoms with Gasteiger partial charge in [0.15, 0.2) is 0 Å². The molecule has 0 bridgehead atoms. The summed E-state index contributed by atoms with van der Waals surface area (Å²) in [7, 11) is -3.25. The molecule has 154 valence electrons. The highest BCUT2D eigenvalue weighted by Gasteiger charge is 2.26. The van der Waals surface area contributed by atoms with Crippen molar-refractivity contribution in [1.29, 1.82) is 0 Å². The van der Waals surface area contributed by atoms with Crippen LogP contribution >= 0.6 is 7.60 Å². The molecule has 1 aromatic carbocycles. The van der Waals surface area contributed by atoms with E-state index in [2.05, 4.69) is 13.8 Å². The van der Waals surface area contributed by atoms with Crippen LogP contribution in [0.3, 0.4) is 0 Å². The van der Waals surface area contributed by atoms with Crippen LogP contribution in [0.2, 0.25) is 0 Å². The molecule has 6 nitrogen and oxygen atoms in total. The lowest BCUT2D eigenvalue weighted by atomic mass is 10.1. The minimum atomic E-state index is -3.25. The Morgan fingerprint density at radius 2 is 1.44 bits per heavy atom. The monoisotopic (exact) mass is 399 g/mol. The van der Waals surface area contributed by atoms with E-state index in [9.17, 15) is 14.7 Å². The number of nitro benzene ring substituents is 1. The van der Waals surface area contributed by atoms with E-state index in [1.165, 1.54) is 49.9 Å². The Morgan fingerprint density at radius 3 is 2.04 bits per heavy atom. The van der Waals surface area contributed by atoms with Gasteiger partial charge in [0.2, 0.25) is 0 Å². The van der Waals surface area contributed by atoms with Gasteiger partial charge in [-0.2, -0.15) is 0 Å². The molecular formula is C20H34NO5P. The van der Waals surface area contributed by atoms with Crippen LogP contribution in [0.25, 0.3) is 0 Å². The van der Waals surface area contributed by atoms with Gasteiger partial charge in [-0.05, 0) is 25.0 Å². The molecule has 0 aromatic heterocycles. The number of non-ortho nitro benzene ring substituents is 1. The Bertz CT molecular complexity index is 576. The van der Waals surface area contributed by atoms with E-state index in [4.69, 9.17) is 9.05 Å². The lowest BCUT2D eigenvalue weighted by Crippen LogP contribution is -2.04. The predicted molar refractivity (Wildman–Crippen MR) is 110 cm³/mol. The number of hydrogen-bond donors (Lipinski definition) is 0. The number of nitro groups is 1. The van der Waals surface area contributed by atoms with Crippen LogP contribution in [-0.2, 0) is 9.09 Å². The van der Waals surface area contributed by atoms with Crippen LogP contribution in [0.4, 0.5) is 5.69 Å². The van der Waals surface area contributed by atoms with Crippen molar-refractivity contribution in [2.24, 2.45) is 0 Å². The average molecular weight is 399 g/mol. The van der Waals surface area contributed by atoms with Gasteiger partial charge in [-0.15, -0.1) is 0 Å². The van der Waals surface area contributed by atoms with E-state index >= 15 is 0 Å². The second kappa shape index (κ2) is 13.7. The molecule has 0 radical (unpaired) electrons. The van der Waals surface area contributed by atoms with E-state index in [1.807, 2.05) is 0 Å². The van der Waals surface area contributed by atoms with Gasteiger partial charge in [0.25, 0.3) is 5.69 Å². The van der Waals surface area contributed by atoms with Crippen molar-refractivity contribution in [3.05, 3.63) is 34.4 Å². The molecule has 0 fully saturated rings. The van der Waals surface area contributed by atoms with Crippen molar-refractivity contribution in [3.8, 4) is 5.75 Å². The number of hydrogen-bond acceptors (Lipinski definition) is 5. The minimum absolute atomic E-state index is 0.0203. The standard InChI is InChI=1S/C20H34NO5P/c1-3-5-7-9-10-11-17-25-27(24,18-12-8-6-4-2)26-20-15-13-19(14-16-20)21(22)23/h13-16H,3-12,17-18H2,1-2H3/t27-/m0/s1. The summed E-state index contributed by atoms with van der Waals surface area (Å²) in [5, 5.41) is 10.8. The molecule has 0 unspecified atom stereocenters. The van der Waals surface area contributed by atoms with Gasteiger partial charge >= 0.3 is 7.60 Å². The highest BCUT2D eigenvalue weighted by atomic mass is 31.2. The molecule has 0 aliphatic heterocycles. The highest BCUT2D eigenvalue weighted by Crippen LogP contribution is 2.49. The second-order valence-electron chi connectivity index (χ2n) is 6.84. The Balaban J connectivity index is 2.56. The average Bonchev–Trinajstić information content (AvgIpc) is 2.65. The molecule has 0 saturated heterocycles. The van der Waals surface area contributed by atoms with Gasteiger partial charge in [-0.1, -0.05) is 65.2 Å². The summed E-state index contributed by atoms with van der Waals surface area (Å²) in [6.45, 7) is 4.74. The van der Waals surface area contributed by atoms with Crippen molar-refractivity contribution in [2.45, 2.75) is 78.1 Å². The van der Waals surface area contributed by atoms with Crippen molar-refractivity contribution < 1.29 is 18.5 Å². The van der Waals surface area contributed by atoms with Gasteiger partial charge in [0.1, 0.15) is 5.75 Å². The maximum absolute atomic E-state index is 13.1. The van der Waals surface area contributed by atoms with Crippen LogP contribution in [0.5, 0.6) is 5.75 Å². The molecule has 1 atom stereocenters. The van der Waals surface area contributed by atoms with Gasteiger partial charge in [0.05, 0.1) is 17.7 Å². The van der Waals surface area contributed by atoms with Crippen LogP contribution in [-0.4, -0.2) is 17.7 Å². The molecule has 1 rings (SSSR count). The third-order valence-corrected chi connectivity index (χ3v) is 6.29. The molecule has 1 aromatic rings. The van der Waals surface area contributed by atoms with Crippen LogP contribution in [0.1, 0.15) is 78.1 Å². The number of unbranched alkanes of at least 4 members (excludes halogenated alkanes) is 8. The molecule has 27 heavy (non-hydrogen) atoms. The summed E-state index contributed by atoms with van der Waals surface area (Å²) in [6.07, 6.45) is 11.1. The van der Waals surface area contributed by atoms with E-state index in [0.717, 1.165) is 38.5 Å². The molecule has 0 aliphatic rings. The number of nitrogens with zero attached hydrogens (tertiary/aromatic N) is 1. The largest absolute Gasteiger partial charge is 0.424 e. The molecule has 0 heterocycles. The lowest BCUT2D eigenvalue weighted by Gasteiger charge is -2.19. The van der Waals surface area contributed by atoms with Gasteiger partial charge in [0, 0.05) is 12.1 Å². The fourth-order valence-electron chi connectivity index (χ4n) is 2.74. The second-order valence-corrected chi connectivity index (χ2v) is 8.95. The van der Waals surface area contributed by atoms with Gasteiger partial charge in [-0.3, -0.25) is 14.6 Å². The summed E-state index contributed by atoms with van der Waals surface area (Å²) < 4.78 is 24.5. The zero-order valence-electron chi connectivity index (χ0n) is 16.7. The topological polar surface area (TPSA) is 78.7 Å². The van der Waals surface area contributed by atoms with Crippen molar-refractivity contribution in [1.82, 2.24) is 0 Å². The Labute approximate surface area is 163 Å². The molecule has 7 heteroatoms. The van der Waals surface area contributed by atoms with Crippen molar-refractivity contribution >= 4 is 13.3 Å². The molecule has 0 saturated carbocycles. The molecule has 0 spiro atoms. The van der Waals surface area contributed by atoms with Crippen molar-refractivity contribution in [3.63, 3.8) is 0 Å². The third-order valence-electron chi connectivity index (χ3n) is 4.36. The van der Waals surface area contributed by atoms with Crippen molar-refractivity contribution in [2.75, 3.05) is 12.8 Å². The Kier molecular flexibility index (Phi) is 12.0. The maximum atomic E-state index is 13.1. The summed E-state index contributed by atoms with van der Waals surface area (Å²) in [5.41, 5.74) is -0.0203. The summed E-state index contributed by atoms with van der Waals surface area (Å²) in [6, 6.07) is 5.66. The maximum Gasteiger partial charge on any atom is 0.379 e. The van der Waals surface area contributed by atoms with Crippen LogP contribution < -0.4 is 4.52 Å². The predicted octanol–water partition coefficient (Wildman–Crippen LogP) is 7.12. The number of rotatable bonds is 16. The smallest absolute Gasteiger partial charge is 0.379 e. The Morgan fingerprint density at radius 1 is 0.889 bits per heavy atom. The van der Waals surface area contributed by atoms with Gasteiger partial charge < -0.3 is 4.52 Å².